The summed E-state index contributed by atoms with van der Waals surface area (Å²) < 4.78 is 0. The lowest BCUT2D eigenvalue weighted by molar-refractivity contribution is -0.147. The summed E-state index contributed by atoms with van der Waals surface area (Å²) in [5.41, 5.74) is 2.47. The quantitative estimate of drug-likeness (QED) is 0.203. The van der Waals surface area contributed by atoms with Crippen LogP contribution in [0.25, 0.3) is 0 Å². The molecule has 170 valence electrons. The van der Waals surface area contributed by atoms with E-state index in [-0.39, 0.29) is 48.8 Å². The molecule has 8 heteroatoms. The number of imide groups is 1. The molecule has 1 aromatic rings. The number of benzene rings is 1. The number of nitrogens with zero attached hydrogens (tertiary/aromatic N) is 1. The fourth-order valence-electron chi connectivity index (χ4n) is 3.91. The third-order valence-corrected chi connectivity index (χ3v) is 5.42. The molecule has 0 aliphatic carbocycles. The molecule has 4 amide bonds. The Kier molecular flexibility index (Phi) is 9.65. The average Bonchev–Trinajstić information content (AvgIpc) is 3.01. The van der Waals surface area contributed by atoms with Crippen LogP contribution in [0.15, 0.2) is 30.3 Å². The maximum Gasteiger partial charge on any atom is 0.243 e. The minimum absolute atomic E-state index is 0.155. The van der Waals surface area contributed by atoms with E-state index < -0.39 is 11.9 Å². The highest BCUT2D eigenvalue weighted by Gasteiger charge is 2.44. The topological polar surface area (TPSA) is 116 Å². The molecule has 1 heterocycles. The van der Waals surface area contributed by atoms with Crippen molar-refractivity contribution in [2.45, 2.75) is 64.8 Å². The zero-order valence-corrected chi connectivity index (χ0v) is 18.3. The highest BCUT2D eigenvalue weighted by Crippen LogP contribution is 2.28. The van der Waals surface area contributed by atoms with E-state index in [2.05, 4.69) is 5.32 Å². The van der Waals surface area contributed by atoms with Gasteiger partial charge in [-0.2, -0.15) is 0 Å². The number of carbonyl (C=O) groups excluding carboxylic acids is 4. The molecular weight excluding hydrogens is 398 g/mol. The predicted molar refractivity (Wildman–Crippen MR) is 115 cm³/mol. The molecule has 2 atom stereocenters. The van der Waals surface area contributed by atoms with Crippen molar-refractivity contribution < 1.29 is 24.4 Å². The van der Waals surface area contributed by atoms with Gasteiger partial charge in [-0.05, 0) is 30.7 Å². The number of amides is 4. The van der Waals surface area contributed by atoms with Gasteiger partial charge in [-0.25, -0.2) is 5.48 Å². The number of hydrogen-bond acceptors (Lipinski definition) is 5. The Morgan fingerprint density at radius 3 is 2.48 bits per heavy atom. The van der Waals surface area contributed by atoms with E-state index >= 15 is 0 Å². The average molecular weight is 432 g/mol. The number of hydrogen-bond donors (Lipinski definition) is 3. The Balaban J connectivity index is 2.01. The van der Waals surface area contributed by atoms with Gasteiger partial charge >= 0.3 is 0 Å². The van der Waals surface area contributed by atoms with E-state index in [9.17, 15) is 19.2 Å². The number of hydroxylamine groups is 1. The van der Waals surface area contributed by atoms with Crippen LogP contribution < -0.4 is 10.8 Å². The van der Waals surface area contributed by atoms with Crippen LogP contribution in [0.4, 0.5) is 0 Å². The number of carbonyl (C=O) groups is 4. The van der Waals surface area contributed by atoms with Gasteiger partial charge in [0.2, 0.25) is 23.6 Å². The second kappa shape index (κ2) is 12.2. The highest BCUT2D eigenvalue weighted by molar-refractivity contribution is 6.07. The monoisotopic (exact) mass is 431 g/mol. The minimum atomic E-state index is -0.875. The van der Waals surface area contributed by atoms with Crippen molar-refractivity contribution in [1.82, 2.24) is 15.7 Å². The number of likely N-dealkylation sites (tertiary alicyclic amines) is 1. The number of nitrogens with one attached hydrogen (secondary N) is 2. The summed E-state index contributed by atoms with van der Waals surface area (Å²) in [7, 11) is 0. The first-order valence-corrected chi connectivity index (χ1v) is 10.9. The fourth-order valence-corrected chi connectivity index (χ4v) is 3.91. The van der Waals surface area contributed by atoms with E-state index in [4.69, 9.17) is 5.21 Å². The largest absolute Gasteiger partial charge is 0.354 e. The molecule has 3 N–H and O–H groups in total. The van der Waals surface area contributed by atoms with Crippen molar-refractivity contribution >= 4 is 23.6 Å². The second-order valence-corrected chi connectivity index (χ2v) is 8.47. The highest BCUT2D eigenvalue weighted by atomic mass is 16.5. The predicted octanol–water partition coefficient (Wildman–Crippen LogP) is 2.20. The van der Waals surface area contributed by atoms with Gasteiger partial charge in [0.25, 0.3) is 0 Å². The molecule has 0 aromatic heterocycles. The Bertz CT molecular complexity index is 766. The van der Waals surface area contributed by atoms with E-state index in [0.29, 0.717) is 32.2 Å². The lowest BCUT2D eigenvalue weighted by Gasteiger charge is -2.26. The summed E-state index contributed by atoms with van der Waals surface area (Å²) >= 11 is 0. The summed E-state index contributed by atoms with van der Waals surface area (Å²) in [6.07, 6.45) is 3.22. The zero-order chi connectivity index (χ0) is 22.8. The van der Waals surface area contributed by atoms with Crippen LogP contribution in [-0.2, 0) is 25.6 Å². The van der Waals surface area contributed by atoms with E-state index in [1.54, 1.807) is 5.48 Å². The molecule has 0 saturated carbocycles. The maximum absolute atomic E-state index is 13.0. The summed E-state index contributed by atoms with van der Waals surface area (Å²) in [5, 5.41) is 11.3. The minimum Gasteiger partial charge on any atom is -0.354 e. The first-order valence-electron chi connectivity index (χ1n) is 10.9. The smallest absolute Gasteiger partial charge is 0.243 e. The van der Waals surface area contributed by atoms with Crippen molar-refractivity contribution in [1.29, 1.82) is 0 Å². The molecule has 1 aliphatic heterocycles. The van der Waals surface area contributed by atoms with E-state index in [0.717, 1.165) is 5.56 Å². The molecule has 1 aliphatic rings. The van der Waals surface area contributed by atoms with Gasteiger partial charge in [0.1, 0.15) is 6.04 Å². The first-order chi connectivity index (χ1) is 14.8. The maximum atomic E-state index is 13.0. The number of unbranched alkanes of at least 4 members (excludes halogenated alkanes) is 2. The van der Waals surface area contributed by atoms with Gasteiger partial charge in [0.15, 0.2) is 0 Å². The summed E-state index contributed by atoms with van der Waals surface area (Å²) in [5.74, 6) is -1.41. The van der Waals surface area contributed by atoms with E-state index in [1.165, 1.54) is 4.90 Å². The lowest BCUT2D eigenvalue weighted by Crippen LogP contribution is -2.51. The van der Waals surface area contributed by atoms with Gasteiger partial charge in [-0.3, -0.25) is 29.3 Å². The zero-order valence-electron chi connectivity index (χ0n) is 18.3. The van der Waals surface area contributed by atoms with Crippen LogP contribution in [0.5, 0.6) is 0 Å². The molecule has 0 spiro atoms. The Labute approximate surface area is 183 Å². The van der Waals surface area contributed by atoms with Gasteiger partial charge in [-0.15, -0.1) is 0 Å². The third kappa shape index (κ3) is 7.47. The number of rotatable bonds is 12. The Morgan fingerprint density at radius 1 is 1.13 bits per heavy atom. The molecule has 8 nitrogen and oxygen atoms in total. The molecule has 0 bridgehead atoms. The van der Waals surface area contributed by atoms with Crippen molar-refractivity contribution in [2.75, 3.05) is 6.54 Å². The van der Waals surface area contributed by atoms with Crippen molar-refractivity contribution in [3.8, 4) is 0 Å². The van der Waals surface area contributed by atoms with Gasteiger partial charge < -0.3 is 5.32 Å². The second-order valence-electron chi connectivity index (χ2n) is 8.47. The van der Waals surface area contributed by atoms with Gasteiger partial charge in [-0.1, -0.05) is 50.6 Å². The SMILES string of the molecule is CC(C)C[C@@H]1CC(=O)N([C@@H](Cc2ccccc2)C(=O)NCCCCCC(=O)NO)C1=O. The van der Waals surface area contributed by atoms with Crippen LogP contribution >= 0.6 is 0 Å². The Hall–Kier alpha value is -2.74. The molecular formula is C23H33N3O5. The molecule has 2 rings (SSSR count). The lowest BCUT2D eigenvalue weighted by atomic mass is 9.96. The fraction of sp³-hybridized carbons (Fsp3) is 0.565. The van der Waals surface area contributed by atoms with Crippen molar-refractivity contribution in [3.05, 3.63) is 35.9 Å². The van der Waals surface area contributed by atoms with Gasteiger partial charge in [0.05, 0.1) is 0 Å². The third-order valence-electron chi connectivity index (χ3n) is 5.42. The normalized spacial score (nSPS) is 17.2. The molecule has 1 aromatic carbocycles. The molecule has 0 unspecified atom stereocenters. The van der Waals surface area contributed by atoms with E-state index in [1.807, 2.05) is 44.2 Å². The molecule has 31 heavy (non-hydrogen) atoms. The summed E-state index contributed by atoms with van der Waals surface area (Å²) in [6.45, 7) is 4.41. The van der Waals surface area contributed by atoms with Crippen LogP contribution in [0.2, 0.25) is 0 Å². The van der Waals surface area contributed by atoms with Crippen LogP contribution in [0, 0.1) is 11.8 Å². The summed E-state index contributed by atoms with van der Waals surface area (Å²) in [6, 6.07) is 8.48. The standard InChI is InChI=1S/C23H33N3O5/c1-16(2)13-18-15-21(28)26(23(18)30)19(14-17-9-5-3-6-10-17)22(29)24-12-8-4-7-11-20(27)25-31/h3,5-6,9-10,16,18-19,31H,4,7-8,11-15H2,1-2H3,(H,24,29)(H,25,27)/t18-,19+/m1/s1. The van der Waals surface area contributed by atoms with Gasteiger partial charge in [0, 0.05) is 31.7 Å². The van der Waals surface area contributed by atoms with Crippen molar-refractivity contribution in [2.24, 2.45) is 11.8 Å². The molecule has 1 fully saturated rings. The summed E-state index contributed by atoms with van der Waals surface area (Å²) in [4.78, 5) is 50.8. The Morgan fingerprint density at radius 2 is 1.84 bits per heavy atom. The first kappa shape index (κ1) is 24.5. The molecule has 1 saturated heterocycles. The van der Waals surface area contributed by atoms with Crippen LogP contribution in [-0.4, -0.2) is 46.3 Å². The molecule has 0 radical (unpaired) electrons. The van der Waals surface area contributed by atoms with Crippen molar-refractivity contribution in [3.63, 3.8) is 0 Å². The van der Waals surface area contributed by atoms with Crippen LogP contribution in [0.3, 0.4) is 0 Å². The van der Waals surface area contributed by atoms with Crippen LogP contribution in [0.1, 0.15) is 57.9 Å².